The summed E-state index contributed by atoms with van der Waals surface area (Å²) in [4.78, 5) is 23.6. The molecular formula is C25H25N7O. The summed E-state index contributed by atoms with van der Waals surface area (Å²) in [5.41, 5.74) is 5.29. The van der Waals surface area contributed by atoms with E-state index >= 15 is 0 Å². The molecule has 8 heteroatoms. The van der Waals surface area contributed by atoms with Gasteiger partial charge in [-0.25, -0.2) is 4.98 Å². The first-order valence-corrected chi connectivity index (χ1v) is 11.0. The Bertz CT molecular complexity index is 1310. The minimum absolute atomic E-state index is 0.0185. The lowest BCUT2D eigenvalue weighted by Crippen LogP contribution is -2.43. The number of aromatic amines is 1. The Morgan fingerprint density at radius 2 is 1.97 bits per heavy atom. The molecule has 4 aromatic rings. The maximum atomic E-state index is 11.8. The van der Waals surface area contributed by atoms with Crippen molar-refractivity contribution in [2.75, 3.05) is 36.4 Å². The van der Waals surface area contributed by atoms with Crippen molar-refractivity contribution in [2.45, 2.75) is 6.42 Å². The molecule has 1 saturated heterocycles. The number of allylic oxidation sites excluding steroid dienone is 1. The highest BCUT2D eigenvalue weighted by Crippen LogP contribution is 2.29. The van der Waals surface area contributed by atoms with Crippen molar-refractivity contribution in [3.05, 3.63) is 72.9 Å². The van der Waals surface area contributed by atoms with Gasteiger partial charge in [-0.05, 0) is 35.9 Å². The fourth-order valence-electron chi connectivity index (χ4n) is 4.05. The Labute approximate surface area is 191 Å². The van der Waals surface area contributed by atoms with Crippen LogP contribution in [0.1, 0.15) is 5.56 Å². The smallest absolute Gasteiger partial charge is 0.229 e. The fourth-order valence-corrected chi connectivity index (χ4v) is 4.05. The molecule has 0 radical (unpaired) electrons. The molecule has 2 aromatic carbocycles. The molecule has 1 aliphatic rings. The number of nitrogens with one attached hydrogen (secondary N) is 3. The van der Waals surface area contributed by atoms with Gasteiger partial charge in [0.2, 0.25) is 5.95 Å². The van der Waals surface area contributed by atoms with E-state index in [1.165, 1.54) is 11.8 Å². The second-order valence-electron chi connectivity index (χ2n) is 7.99. The molecule has 0 unspecified atom stereocenters. The lowest BCUT2D eigenvalue weighted by atomic mass is 10.0. The average Bonchev–Trinajstić information content (AvgIpc) is 3.33. The van der Waals surface area contributed by atoms with E-state index in [1.54, 1.807) is 6.20 Å². The van der Waals surface area contributed by atoms with Crippen LogP contribution in [-0.4, -0.2) is 52.1 Å². The van der Waals surface area contributed by atoms with Crippen LogP contribution in [0, 0.1) is 0 Å². The van der Waals surface area contributed by atoms with Crippen LogP contribution >= 0.6 is 0 Å². The van der Waals surface area contributed by atoms with E-state index in [1.807, 2.05) is 36.4 Å². The molecule has 3 N–H and O–H groups in total. The van der Waals surface area contributed by atoms with Gasteiger partial charge < -0.3 is 15.5 Å². The number of piperazine rings is 1. The van der Waals surface area contributed by atoms with Crippen molar-refractivity contribution in [2.24, 2.45) is 0 Å². The molecule has 0 bridgehead atoms. The van der Waals surface area contributed by atoms with Gasteiger partial charge in [0, 0.05) is 49.5 Å². The molecule has 0 saturated carbocycles. The van der Waals surface area contributed by atoms with E-state index in [0.717, 1.165) is 54.1 Å². The summed E-state index contributed by atoms with van der Waals surface area (Å²) in [5.74, 6) is 0.460. The molecule has 1 fully saturated rings. The van der Waals surface area contributed by atoms with Crippen LogP contribution in [0.15, 0.2) is 67.4 Å². The number of ketones is 1. The molecular weight excluding hydrogens is 414 g/mol. The standard InChI is InChI=1S/C25H25N7O/c1-2-21(33)14-17-5-3-6-18(13-17)23-22-16-27-31-24(22)30-25(29-23)28-19-7-4-8-20(15-19)32-11-9-26-10-12-32/h2-8,13,15-16,26H,1,9-12,14H2,(H2,27,28,29,30,31). The molecule has 166 valence electrons. The Kier molecular flexibility index (Phi) is 5.82. The monoisotopic (exact) mass is 439 g/mol. The van der Waals surface area contributed by atoms with Crippen LogP contribution in [0.25, 0.3) is 22.3 Å². The zero-order valence-corrected chi connectivity index (χ0v) is 18.2. The molecule has 1 aliphatic heterocycles. The molecule has 0 amide bonds. The van der Waals surface area contributed by atoms with Gasteiger partial charge in [0.15, 0.2) is 11.4 Å². The van der Waals surface area contributed by atoms with Gasteiger partial charge >= 0.3 is 0 Å². The van der Waals surface area contributed by atoms with Crippen molar-refractivity contribution >= 4 is 34.1 Å². The third kappa shape index (κ3) is 4.61. The third-order valence-electron chi connectivity index (χ3n) is 5.70. The number of rotatable bonds is 7. The molecule has 3 heterocycles. The van der Waals surface area contributed by atoms with Gasteiger partial charge in [0.25, 0.3) is 0 Å². The molecule has 8 nitrogen and oxygen atoms in total. The topological polar surface area (TPSA) is 98.8 Å². The summed E-state index contributed by atoms with van der Waals surface area (Å²) in [6.07, 6.45) is 3.38. The molecule has 0 spiro atoms. The summed E-state index contributed by atoms with van der Waals surface area (Å²) in [5, 5.41) is 14.7. The van der Waals surface area contributed by atoms with Crippen molar-refractivity contribution in [3.63, 3.8) is 0 Å². The Morgan fingerprint density at radius 3 is 2.82 bits per heavy atom. The van der Waals surface area contributed by atoms with E-state index in [-0.39, 0.29) is 5.78 Å². The molecule has 0 aliphatic carbocycles. The minimum atomic E-state index is -0.0185. The van der Waals surface area contributed by atoms with Gasteiger partial charge in [0.05, 0.1) is 17.3 Å². The van der Waals surface area contributed by atoms with Gasteiger partial charge in [-0.1, -0.05) is 30.8 Å². The van der Waals surface area contributed by atoms with Crippen molar-refractivity contribution in [1.82, 2.24) is 25.5 Å². The number of carbonyl (C=O) groups is 1. The zero-order chi connectivity index (χ0) is 22.6. The minimum Gasteiger partial charge on any atom is -0.369 e. The zero-order valence-electron chi connectivity index (χ0n) is 18.2. The van der Waals surface area contributed by atoms with Gasteiger partial charge in [0.1, 0.15) is 0 Å². The Balaban J connectivity index is 1.47. The number of nitrogens with zero attached hydrogens (tertiary/aromatic N) is 4. The maximum Gasteiger partial charge on any atom is 0.229 e. The quantitative estimate of drug-likeness (QED) is 0.379. The predicted molar refractivity (Wildman–Crippen MR) is 131 cm³/mol. The second-order valence-corrected chi connectivity index (χ2v) is 7.99. The number of carbonyl (C=O) groups excluding carboxylic acids is 1. The maximum absolute atomic E-state index is 11.8. The van der Waals surface area contributed by atoms with E-state index in [0.29, 0.717) is 18.0 Å². The highest BCUT2D eigenvalue weighted by atomic mass is 16.1. The normalized spacial score (nSPS) is 13.8. The number of H-pyrrole nitrogens is 1. The van der Waals surface area contributed by atoms with E-state index in [9.17, 15) is 4.79 Å². The summed E-state index contributed by atoms with van der Waals surface area (Å²) >= 11 is 0. The number of fused-ring (bicyclic) bond motifs is 1. The highest BCUT2D eigenvalue weighted by Gasteiger charge is 2.14. The molecule has 5 rings (SSSR count). The number of aromatic nitrogens is 4. The number of hydrogen-bond acceptors (Lipinski definition) is 7. The van der Waals surface area contributed by atoms with Crippen molar-refractivity contribution in [1.29, 1.82) is 0 Å². The Morgan fingerprint density at radius 1 is 1.12 bits per heavy atom. The van der Waals surface area contributed by atoms with Crippen LogP contribution in [0.2, 0.25) is 0 Å². The third-order valence-corrected chi connectivity index (χ3v) is 5.70. The number of hydrogen-bond donors (Lipinski definition) is 3. The summed E-state index contributed by atoms with van der Waals surface area (Å²) in [6, 6.07) is 16.1. The van der Waals surface area contributed by atoms with Gasteiger partial charge in [-0.15, -0.1) is 0 Å². The van der Waals surface area contributed by atoms with Crippen molar-refractivity contribution < 1.29 is 4.79 Å². The summed E-state index contributed by atoms with van der Waals surface area (Å²) < 4.78 is 0. The Hall–Kier alpha value is -4.04. The fraction of sp³-hybridized carbons (Fsp3) is 0.200. The first kappa shape index (κ1) is 20.8. The highest BCUT2D eigenvalue weighted by molar-refractivity contribution is 5.93. The lowest BCUT2D eigenvalue weighted by molar-refractivity contribution is -0.114. The first-order valence-electron chi connectivity index (χ1n) is 11.0. The van der Waals surface area contributed by atoms with Gasteiger partial charge in [-0.2, -0.15) is 10.1 Å². The van der Waals surface area contributed by atoms with Crippen LogP contribution in [0.4, 0.5) is 17.3 Å². The molecule has 2 aromatic heterocycles. The van der Waals surface area contributed by atoms with Gasteiger partial charge in [-0.3, -0.25) is 9.89 Å². The van der Waals surface area contributed by atoms with E-state index in [2.05, 4.69) is 49.4 Å². The number of benzene rings is 2. The van der Waals surface area contributed by atoms with Crippen LogP contribution in [0.5, 0.6) is 0 Å². The summed E-state index contributed by atoms with van der Waals surface area (Å²) in [7, 11) is 0. The van der Waals surface area contributed by atoms with Crippen LogP contribution in [0.3, 0.4) is 0 Å². The molecule has 0 atom stereocenters. The lowest BCUT2D eigenvalue weighted by Gasteiger charge is -2.29. The second kappa shape index (κ2) is 9.22. The van der Waals surface area contributed by atoms with Crippen LogP contribution in [-0.2, 0) is 11.2 Å². The SMILES string of the molecule is C=CC(=O)Cc1cccc(-c2nc(Nc3cccc(N4CCNCC4)c3)nc3[nH]ncc23)c1. The van der Waals surface area contributed by atoms with E-state index < -0.39 is 0 Å². The predicted octanol–water partition coefficient (Wildman–Crippen LogP) is 3.47. The number of anilines is 3. The first-order chi connectivity index (χ1) is 16.2. The summed E-state index contributed by atoms with van der Waals surface area (Å²) in [6.45, 7) is 7.49. The average molecular weight is 440 g/mol. The molecule has 33 heavy (non-hydrogen) atoms. The van der Waals surface area contributed by atoms with E-state index in [4.69, 9.17) is 4.98 Å². The largest absolute Gasteiger partial charge is 0.369 e. The van der Waals surface area contributed by atoms with Crippen molar-refractivity contribution in [3.8, 4) is 11.3 Å². The van der Waals surface area contributed by atoms with Crippen LogP contribution < -0.4 is 15.5 Å².